The third-order valence-corrected chi connectivity index (χ3v) is 3.65. The van der Waals surface area contributed by atoms with Crippen LogP contribution < -0.4 is 0 Å². The van der Waals surface area contributed by atoms with E-state index in [4.69, 9.17) is 11.6 Å². The van der Waals surface area contributed by atoms with Crippen molar-refractivity contribution in [2.75, 3.05) is 6.54 Å². The Morgan fingerprint density at radius 2 is 1.88 bits per heavy atom. The van der Waals surface area contributed by atoms with Crippen LogP contribution in [0.25, 0.3) is 0 Å². The predicted octanol–water partition coefficient (Wildman–Crippen LogP) is 2.95. The van der Waals surface area contributed by atoms with Crippen LogP contribution in [0.5, 0.6) is 0 Å². The molecule has 1 aliphatic rings. The number of alkyl halides is 1. The summed E-state index contributed by atoms with van der Waals surface area (Å²) in [6.07, 6.45) is 0.478. The molecule has 2 nitrogen and oxygen atoms in total. The highest BCUT2D eigenvalue weighted by atomic mass is 35.5. The molecule has 1 fully saturated rings. The van der Waals surface area contributed by atoms with Gasteiger partial charge >= 0.3 is 0 Å². The Morgan fingerprint density at radius 3 is 2.35 bits per heavy atom. The molecule has 0 N–H and O–H groups in total. The van der Waals surface area contributed by atoms with Crippen molar-refractivity contribution in [3.05, 3.63) is 34.4 Å². The molecule has 1 heterocycles. The Hall–Kier alpha value is -1.02. The molecule has 0 radical (unpaired) electrons. The van der Waals surface area contributed by atoms with Crippen molar-refractivity contribution in [3.8, 4) is 0 Å². The Labute approximate surface area is 108 Å². The summed E-state index contributed by atoms with van der Waals surface area (Å²) in [5.74, 6) is 0.171. The van der Waals surface area contributed by atoms with Crippen LogP contribution in [0.2, 0.25) is 0 Å². The first-order chi connectivity index (χ1) is 7.97. The smallest absolute Gasteiger partial charge is 0.224 e. The van der Waals surface area contributed by atoms with Crippen LogP contribution in [0.15, 0.2) is 12.1 Å². The van der Waals surface area contributed by atoms with E-state index in [1.807, 2.05) is 4.90 Å². The first-order valence-electron chi connectivity index (χ1n) is 5.96. The number of amides is 1. The quantitative estimate of drug-likeness (QED) is 0.740. The highest BCUT2D eigenvalue weighted by Crippen LogP contribution is 2.23. The number of carbonyl (C=O) groups is 1. The van der Waals surface area contributed by atoms with Gasteiger partial charge in [-0.1, -0.05) is 17.7 Å². The first-order valence-corrected chi connectivity index (χ1v) is 6.39. The number of likely N-dealkylation sites (tertiary alicyclic amines) is 1. The summed E-state index contributed by atoms with van der Waals surface area (Å²) in [6, 6.07) is 4.34. The van der Waals surface area contributed by atoms with Crippen LogP contribution >= 0.6 is 11.6 Å². The highest BCUT2D eigenvalue weighted by molar-refractivity contribution is 6.22. The Balaban J connectivity index is 2.22. The van der Waals surface area contributed by atoms with Crippen molar-refractivity contribution in [2.24, 2.45) is 0 Å². The van der Waals surface area contributed by atoms with Gasteiger partial charge in [-0.25, -0.2) is 0 Å². The zero-order valence-electron chi connectivity index (χ0n) is 10.6. The van der Waals surface area contributed by atoms with Gasteiger partial charge in [-0.05, 0) is 37.5 Å². The fourth-order valence-electron chi connectivity index (χ4n) is 2.53. The molecule has 2 rings (SSSR count). The number of aryl methyl sites for hydroxylation is 3. The fraction of sp³-hybridized carbons (Fsp3) is 0.500. The number of hydrogen-bond donors (Lipinski definition) is 0. The van der Waals surface area contributed by atoms with Crippen LogP contribution in [0.1, 0.15) is 28.7 Å². The Morgan fingerprint density at radius 1 is 1.29 bits per heavy atom. The van der Waals surface area contributed by atoms with Crippen molar-refractivity contribution in [1.82, 2.24) is 4.90 Å². The summed E-state index contributed by atoms with van der Waals surface area (Å²) in [4.78, 5) is 13.6. The average Bonchev–Trinajstić information content (AvgIpc) is 2.51. The number of nitrogens with zero attached hydrogens (tertiary/aromatic N) is 1. The van der Waals surface area contributed by atoms with Crippen molar-refractivity contribution in [1.29, 1.82) is 0 Å². The Bertz CT molecular complexity index is 433. The fourth-order valence-corrected chi connectivity index (χ4v) is 2.83. The number of benzene rings is 1. The van der Waals surface area contributed by atoms with Gasteiger partial charge < -0.3 is 4.90 Å². The minimum Gasteiger partial charge on any atom is -0.337 e. The zero-order chi connectivity index (χ0) is 12.6. The molecule has 92 valence electrons. The van der Waals surface area contributed by atoms with Crippen LogP contribution in [0.4, 0.5) is 0 Å². The van der Waals surface area contributed by atoms with Gasteiger partial charge in [0.05, 0.1) is 5.38 Å². The topological polar surface area (TPSA) is 20.3 Å². The molecular formula is C14H18ClNO. The standard InChI is InChI=1S/C14H18ClNO/c1-9-4-10(2)13(11(3)5-9)8-16-7-12(15)6-14(16)17/h4-5,12H,6-8H2,1-3H3. The number of halogens is 1. The second kappa shape index (κ2) is 4.69. The van der Waals surface area contributed by atoms with Crippen LogP contribution in [-0.4, -0.2) is 22.7 Å². The predicted molar refractivity (Wildman–Crippen MR) is 70.3 cm³/mol. The van der Waals surface area contributed by atoms with E-state index in [-0.39, 0.29) is 11.3 Å². The molecule has 0 aliphatic carbocycles. The second-order valence-electron chi connectivity index (χ2n) is 4.95. The van der Waals surface area contributed by atoms with Crippen LogP contribution in [0.3, 0.4) is 0 Å². The molecule has 1 amide bonds. The van der Waals surface area contributed by atoms with Gasteiger partial charge in [-0.3, -0.25) is 4.79 Å². The summed E-state index contributed by atoms with van der Waals surface area (Å²) in [6.45, 7) is 7.68. The van der Waals surface area contributed by atoms with Gasteiger partial charge in [-0.2, -0.15) is 0 Å². The lowest BCUT2D eigenvalue weighted by molar-refractivity contribution is -0.128. The minimum absolute atomic E-state index is 0.0199. The van der Waals surface area contributed by atoms with E-state index in [9.17, 15) is 4.79 Å². The van der Waals surface area contributed by atoms with Crippen molar-refractivity contribution >= 4 is 17.5 Å². The summed E-state index contributed by atoms with van der Waals surface area (Å²) in [7, 11) is 0. The summed E-state index contributed by atoms with van der Waals surface area (Å²) in [5, 5.41) is -0.0199. The number of rotatable bonds is 2. The average molecular weight is 252 g/mol. The second-order valence-corrected chi connectivity index (χ2v) is 5.57. The van der Waals surface area contributed by atoms with Gasteiger partial charge in [0.15, 0.2) is 0 Å². The molecule has 17 heavy (non-hydrogen) atoms. The van der Waals surface area contributed by atoms with Gasteiger partial charge in [0.2, 0.25) is 5.91 Å². The Kier molecular flexibility index (Phi) is 3.43. The molecule has 1 saturated heterocycles. The molecular weight excluding hydrogens is 234 g/mol. The lowest BCUT2D eigenvalue weighted by Crippen LogP contribution is -2.25. The molecule has 0 bridgehead atoms. The van der Waals surface area contributed by atoms with E-state index >= 15 is 0 Å². The molecule has 3 heteroatoms. The maximum absolute atomic E-state index is 11.7. The van der Waals surface area contributed by atoms with Crippen LogP contribution in [0, 0.1) is 20.8 Å². The largest absolute Gasteiger partial charge is 0.337 e. The summed E-state index contributed by atoms with van der Waals surface area (Å²) >= 11 is 6.01. The molecule has 1 unspecified atom stereocenters. The highest BCUT2D eigenvalue weighted by Gasteiger charge is 2.28. The molecule has 1 aliphatic heterocycles. The van der Waals surface area contributed by atoms with E-state index < -0.39 is 0 Å². The SMILES string of the molecule is Cc1cc(C)c(CN2CC(Cl)CC2=O)c(C)c1. The lowest BCUT2D eigenvalue weighted by atomic mass is 9.99. The maximum atomic E-state index is 11.7. The van der Waals surface area contributed by atoms with Gasteiger partial charge in [-0.15, -0.1) is 11.6 Å². The normalized spacial score (nSPS) is 20.1. The molecule has 0 spiro atoms. The molecule has 1 aromatic carbocycles. The molecule has 0 saturated carbocycles. The minimum atomic E-state index is -0.0199. The third-order valence-electron chi connectivity index (χ3n) is 3.36. The first kappa shape index (κ1) is 12.4. The van der Waals surface area contributed by atoms with E-state index in [0.29, 0.717) is 19.5 Å². The van der Waals surface area contributed by atoms with E-state index in [0.717, 1.165) is 0 Å². The lowest BCUT2D eigenvalue weighted by Gasteiger charge is -2.19. The van der Waals surface area contributed by atoms with Gasteiger partial charge in [0.25, 0.3) is 0 Å². The number of carbonyl (C=O) groups excluding carboxylic acids is 1. The maximum Gasteiger partial charge on any atom is 0.224 e. The summed E-state index contributed by atoms with van der Waals surface area (Å²) < 4.78 is 0. The van der Waals surface area contributed by atoms with Gasteiger partial charge in [0.1, 0.15) is 0 Å². The van der Waals surface area contributed by atoms with E-state index in [2.05, 4.69) is 32.9 Å². The molecule has 1 aromatic rings. The number of hydrogen-bond acceptors (Lipinski definition) is 1. The monoisotopic (exact) mass is 251 g/mol. The van der Waals surface area contributed by atoms with E-state index in [1.165, 1.54) is 22.3 Å². The molecule has 0 aromatic heterocycles. The van der Waals surface area contributed by atoms with Gasteiger partial charge in [0, 0.05) is 19.5 Å². The van der Waals surface area contributed by atoms with Crippen LogP contribution in [-0.2, 0) is 11.3 Å². The molecule has 1 atom stereocenters. The summed E-state index contributed by atoms with van der Waals surface area (Å²) in [5.41, 5.74) is 5.04. The van der Waals surface area contributed by atoms with Crippen molar-refractivity contribution < 1.29 is 4.79 Å². The third kappa shape index (κ3) is 2.63. The zero-order valence-corrected chi connectivity index (χ0v) is 11.3. The van der Waals surface area contributed by atoms with E-state index in [1.54, 1.807) is 0 Å². The van der Waals surface area contributed by atoms with Crippen molar-refractivity contribution in [3.63, 3.8) is 0 Å². The van der Waals surface area contributed by atoms with Crippen molar-refractivity contribution in [2.45, 2.75) is 39.1 Å².